The number of thioether (sulfide) groups is 1. The van der Waals surface area contributed by atoms with Crippen LogP contribution in [0.25, 0.3) is 10.2 Å². The summed E-state index contributed by atoms with van der Waals surface area (Å²) in [6.45, 7) is 4.19. The average Bonchev–Trinajstić information content (AvgIpc) is 3.57. The Kier molecular flexibility index (Phi) is 6.85. The highest BCUT2D eigenvalue weighted by molar-refractivity contribution is 8.01. The van der Waals surface area contributed by atoms with Crippen LogP contribution in [-0.4, -0.2) is 33.6 Å². The van der Waals surface area contributed by atoms with Crippen LogP contribution < -0.4 is 10.6 Å². The fourth-order valence-corrected chi connectivity index (χ4v) is 7.12. The molecule has 0 radical (unpaired) electrons. The molecule has 2 aromatic carbocycles. The van der Waals surface area contributed by atoms with Crippen molar-refractivity contribution < 1.29 is 19.5 Å². The molecule has 2 aliphatic carbocycles. The van der Waals surface area contributed by atoms with Crippen molar-refractivity contribution >= 4 is 62.5 Å². The maximum Gasteiger partial charge on any atom is 0.307 e. The van der Waals surface area contributed by atoms with E-state index < -0.39 is 17.8 Å². The number of aromatic nitrogens is 1. The van der Waals surface area contributed by atoms with Gasteiger partial charge in [-0.3, -0.25) is 14.4 Å². The smallest absolute Gasteiger partial charge is 0.307 e. The van der Waals surface area contributed by atoms with Gasteiger partial charge in [0.05, 0.1) is 27.8 Å². The van der Waals surface area contributed by atoms with Gasteiger partial charge in [-0.2, -0.15) is 0 Å². The number of allylic oxidation sites excluding steroid dienone is 2. The quantitative estimate of drug-likeness (QED) is 0.263. The highest BCUT2D eigenvalue weighted by Crippen LogP contribution is 2.48. The Morgan fingerprint density at radius 1 is 1.08 bits per heavy atom. The van der Waals surface area contributed by atoms with Crippen molar-refractivity contribution in [3.63, 3.8) is 0 Å². The predicted molar refractivity (Wildman–Crippen MR) is 143 cm³/mol. The number of carboxylic acids is 1. The van der Waals surface area contributed by atoms with E-state index in [0.717, 1.165) is 32.2 Å². The SMILES string of the molecule is CC(C)c1ccccc1NC(=O)CSc1nc2ccc(NC(=O)[C@@H]3[C@H](C(=O)O)[C@H]4C=C[C@H]3C4)cc2s1. The number of hydrogen-bond donors (Lipinski definition) is 3. The van der Waals surface area contributed by atoms with Crippen LogP contribution in [0.2, 0.25) is 0 Å². The lowest BCUT2D eigenvalue weighted by Gasteiger charge is -2.23. The first kappa shape index (κ1) is 24.5. The number of para-hydroxylation sites is 1. The van der Waals surface area contributed by atoms with E-state index >= 15 is 0 Å². The monoisotopic (exact) mass is 521 g/mol. The van der Waals surface area contributed by atoms with Crippen LogP contribution >= 0.6 is 23.1 Å². The zero-order valence-corrected chi connectivity index (χ0v) is 21.6. The Hall–Kier alpha value is -3.17. The highest BCUT2D eigenvalue weighted by Gasteiger charge is 2.51. The third-order valence-electron chi connectivity index (χ3n) is 6.87. The zero-order valence-electron chi connectivity index (χ0n) is 19.9. The molecule has 5 rings (SSSR count). The lowest BCUT2D eigenvalue weighted by atomic mass is 9.82. The van der Waals surface area contributed by atoms with Gasteiger partial charge in [-0.1, -0.05) is 56.0 Å². The number of nitrogens with zero attached hydrogens (tertiary/aromatic N) is 1. The Labute approximate surface area is 217 Å². The normalized spacial score (nSPS) is 22.3. The minimum absolute atomic E-state index is 0.0233. The number of benzene rings is 2. The molecule has 0 spiro atoms. The van der Waals surface area contributed by atoms with Gasteiger partial charge in [0.25, 0.3) is 0 Å². The first-order chi connectivity index (χ1) is 17.3. The number of rotatable bonds is 8. The molecule has 1 heterocycles. The van der Waals surface area contributed by atoms with Gasteiger partial charge in [-0.05, 0) is 54.0 Å². The first-order valence-corrected chi connectivity index (χ1v) is 13.7. The maximum absolute atomic E-state index is 13.0. The Balaban J connectivity index is 1.22. The van der Waals surface area contributed by atoms with E-state index in [2.05, 4.69) is 29.5 Å². The Morgan fingerprint density at radius 3 is 2.58 bits per heavy atom. The second-order valence-electron chi connectivity index (χ2n) is 9.57. The molecule has 0 unspecified atom stereocenters. The summed E-state index contributed by atoms with van der Waals surface area (Å²) in [5, 5.41) is 15.5. The third kappa shape index (κ3) is 4.90. The van der Waals surface area contributed by atoms with E-state index in [1.807, 2.05) is 48.6 Å². The molecule has 36 heavy (non-hydrogen) atoms. The number of nitrogens with one attached hydrogen (secondary N) is 2. The number of anilines is 2. The largest absolute Gasteiger partial charge is 0.481 e. The standard InChI is InChI=1S/C27H27N3O4S2/c1-14(2)18-5-3-4-6-19(18)29-22(31)13-35-27-30-20-10-9-17(12-21(20)36-27)28-25(32)23-15-7-8-16(11-15)24(23)26(33)34/h3-10,12,14-16,23-24H,11,13H2,1-2H3,(H,28,32)(H,29,31)(H,33,34)/t15-,16-,23-,24+/m0/s1. The molecule has 186 valence electrons. The summed E-state index contributed by atoms with van der Waals surface area (Å²) < 4.78 is 1.66. The van der Waals surface area contributed by atoms with Crippen LogP contribution in [0.1, 0.15) is 31.7 Å². The minimum Gasteiger partial charge on any atom is -0.481 e. The second-order valence-corrected chi connectivity index (χ2v) is 11.8. The van der Waals surface area contributed by atoms with E-state index in [0.29, 0.717) is 11.6 Å². The van der Waals surface area contributed by atoms with E-state index in [9.17, 15) is 19.5 Å². The van der Waals surface area contributed by atoms with Crippen molar-refractivity contribution in [1.82, 2.24) is 4.98 Å². The number of amides is 2. The van der Waals surface area contributed by atoms with Gasteiger partial charge < -0.3 is 15.7 Å². The van der Waals surface area contributed by atoms with E-state index in [1.165, 1.54) is 23.1 Å². The number of carbonyl (C=O) groups excluding carboxylic acids is 2. The van der Waals surface area contributed by atoms with Crippen LogP contribution in [0, 0.1) is 23.7 Å². The first-order valence-electron chi connectivity index (χ1n) is 11.9. The summed E-state index contributed by atoms with van der Waals surface area (Å²) in [6.07, 6.45) is 4.63. The average molecular weight is 522 g/mol. The fourth-order valence-electron chi connectivity index (χ4n) is 5.21. The summed E-state index contributed by atoms with van der Waals surface area (Å²) in [7, 11) is 0. The summed E-state index contributed by atoms with van der Waals surface area (Å²) in [5.41, 5.74) is 3.34. The predicted octanol–water partition coefficient (Wildman–Crippen LogP) is 5.61. The lowest BCUT2D eigenvalue weighted by Crippen LogP contribution is -2.36. The van der Waals surface area contributed by atoms with Crippen molar-refractivity contribution in [2.45, 2.75) is 30.5 Å². The number of thiazole rings is 1. The van der Waals surface area contributed by atoms with Gasteiger partial charge >= 0.3 is 5.97 Å². The van der Waals surface area contributed by atoms with Crippen molar-refractivity contribution in [3.05, 3.63) is 60.2 Å². The van der Waals surface area contributed by atoms with E-state index in [-0.39, 0.29) is 29.4 Å². The number of aliphatic carboxylic acids is 1. The summed E-state index contributed by atoms with van der Waals surface area (Å²) in [6, 6.07) is 13.3. The molecule has 0 saturated heterocycles. The molecule has 7 nitrogen and oxygen atoms in total. The number of hydrogen-bond acceptors (Lipinski definition) is 6. The zero-order chi connectivity index (χ0) is 25.4. The van der Waals surface area contributed by atoms with Gasteiger partial charge in [-0.15, -0.1) is 11.3 Å². The van der Waals surface area contributed by atoms with Gasteiger partial charge in [0.1, 0.15) is 0 Å². The van der Waals surface area contributed by atoms with Crippen molar-refractivity contribution in [3.8, 4) is 0 Å². The molecule has 4 atom stereocenters. The molecule has 3 N–H and O–H groups in total. The Morgan fingerprint density at radius 2 is 1.83 bits per heavy atom. The van der Waals surface area contributed by atoms with Crippen molar-refractivity contribution in [2.24, 2.45) is 23.7 Å². The minimum atomic E-state index is -0.914. The summed E-state index contributed by atoms with van der Waals surface area (Å²) >= 11 is 2.83. The van der Waals surface area contributed by atoms with Gasteiger partial charge in [0.15, 0.2) is 4.34 Å². The molecular weight excluding hydrogens is 494 g/mol. The summed E-state index contributed by atoms with van der Waals surface area (Å²) in [5.74, 6) is -2.03. The van der Waals surface area contributed by atoms with Crippen LogP contribution in [0.3, 0.4) is 0 Å². The fraction of sp³-hybridized carbons (Fsp3) is 0.333. The van der Waals surface area contributed by atoms with Gasteiger partial charge in [0.2, 0.25) is 11.8 Å². The topological polar surface area (TPSA) is 108 Å². The van der Waals surface area contributed by atoms with Gasteiger partial charge in [0, 0.05) is 11.4 Å². The Bertz CT molecular complexity index is 1370. The van der Waals surface area contributed by atoms with E-state index in [4.69, 9.17) is 0 Å². The molecule has 1 fully saturated rings. The third-order valence-corrected chi connectivity index (χ3v) is 9.03. The molecular formula is C27H27N3O4S2. The molecule has 9 heteroatoms. The molecule has 0 aliphatic heterocycles. The van der Waals surface area contributed by atoms with Crippen molar-refractivity contribution in [2.75, 3.05) is 16.4 Å². The molecule has 1 saturated carbocycles. The van der Waals surface area contributed by atoms with Crippen LogP contribution in [0.15, 0.2) is 59.0 Å². The van der Waals surface area contributed by atoms with Gasteiger partial charge in [-0.25, -0.2) is 4.98 Å². The van der Waals surface area contributed by atoms with Crippen LogP contribution in [0.5, 0.6) is 0 Å². The van der Waals surface area contributed by atoms with Crippen LogP contribution in [0.4, 0.5) is 11.4 Å². The molecule has 1 aromatic heterocycles. The number of fused-ring (bicyclic) bond motifs is 3. The van der Waals surface area contributed by atoms with Crippen LogP contribution in [-0.2, 0) is 14.4 Å². The lowest BCUT2D eigenvalue weighted by molar-refractivity contribution is -0.146. The molecule has 2 bridgehead atoms. The van der Waals surface area contributed by atoms with Crippen molar-refractivity contribution in [1.29, 1.82) is 0 Å². The number of carbonyl (C=O) groups is 3. The molecule has 3 aromatic rings. The summed E-state index contributed by atoms with van der Waals surface area (Å²) in [4.78, 5) is 41.9. The maximum atomic E-state index is 13.0. The second kappa shape index (κ2) is 10.1. The highest BCUT2D eigenvalue weighted by atomic mass is 32.2. The molecule has 2 amide bonds. The molecule has 2 aliphatic rings. The van der Waals surface area contributed by atoms with E-state index in [1.54, 1.807) is 6.07 Å². The number of carboxylic acid groups (broad SMARTS) is 1.